The molecule has 1 aromatic rings. The summed E-state index contributed by atoms with van der Waals surface area (Å²) < 4.78 is 0. The summed E-state index contributed by atoms with van der Waals surface area (Å²) in [7, 11) is 0. The largest absolute Gasteiger partial charge is 0.507 e. The van der Waals surface area contributed by atoms with E-state index in [1.54, 1.807) is 6.92 Å². The van der Waals surface area contributed by atoms with E-state index in [4.69, 9.17) is 5.11 Å². The molecule has 0 amide bonds. The van der Waals surface area contributed by atoms with Gasteiger partial charge in [0.2, 0.25) is 0 Å². The van der Waals surface area contributed by atoms with Gasteiger partial charge in [-0.2, -0.15) is 0 Å². The van der Waals surface area contributed by atoms with Gasteiger partial charge < -0.3 is 20.6 Å². The Morgan fingerprint density at radius 3 is 2.44 bits per heavy atom. The van der Waals surface area contributed by atoms with Crippen LogP contribution in [0.4, 0.5) is 0 Å². The van der Waals surface area contributed by atoms with Gasteiger partial charge in [-0.1, -0.05) is 6.07 Å². The van der Waals surface area contributed by atoms with Crippen molar-refractivity contribution in [2.45, 2.75) is 19.4 Å². The van der Waals surface area contributed by atoms with Crippen LogP contribution >= 0.6 is 0 Å². The van der Waals surface area contributed by atoms with E-state index in [0.29, 0.717) is 5.56 Å². The van der Waals surface area contributed by atoms with Crippen molar-refractivity contribution in [3.63, 3.8) is 0 Å². The third-order valence-corrected chi connectivity index (χ3v) is 2.28. The van der Waals surface area contributed by atoms with Gasteiger partial charge in [0.1, 0.15) is 11.5 Å². The van der Waals surface area contributed by atoms with Crippen molar-refractivity contribution in [1.82, 2.24) is 5.32 Å². The van der Waals surface area contributed by atoms with Gasteiger partial charge in [-0.25, -0.2) is 0 Å². The van der Waals surface area contributed by atoms with E-state index in [1.807, 2.05) is 0 Å². The first-order valence-electron chi connectivity index (χ1n) is 4.98. The molecular formula is C11H15NO4. The Morgan fingerprint density at radius 2 is 1.94 bits per heavy atom. The van der Waals surface area contributed by atoms with Gasteiger partial charge in [0.25, 0.3) is 0 Å². The van der Waals surface area contributed by atoms with Crippen molar-refractivity contribution < 1.29 is 20.1 Å². The van der Waals surface area contributed by atoms with Crippen molar-refractivity contribution in [1.29, 1.82) is 0 Å². The molecule has 16 heavy (non-hydrogen) atoms. The number of aliphatic carboxylic acids is 1. The molecule has 1 rings (SSSR count). The highest BCUT2D eigenvalue weighted by Crippen LogP contribution is 2.31. The number of carboxylic acids is 1. The molecule has 1 atom stereocenters. The van der Waals surface area contributed by atoms with Gasteiger partial charge >= 0.3 is 5.97 Å². The number of hydrogen-bond donors (Lipinski definition) is 4. The summed E-state index contributed by atoms with van der Waals surface area (Å²) in [6.45, 7) is 2.03. The number of rotatable bonds is 5. The number of phenols is 2. The lowest BCUT2D eigenvalue weighted by molar-refractivity contribution is -0.136. The molecule has 88 valence electrons. The summed E-state index contributed by atoms with van der Waals surface area (Å²) in [4.78, 5) is 10.3. The second-order valence-electron chi connectivity index (χ2n) is 3.53. The first kappa shape index (κ1) is 12.3. The highest BCUT2D eigenvalue weighted by molar-refractivity contribution is 5.66. The highest BCUT2D eigenvalue weighted by atomic mass is 16.4. The van der Waals surface area contributed by atoms with Crippen LogP contribution in [0.5, 0.6) is 11.5 Å². The van der Waals surface area contributed by atoms with Gasteiger partial charge in [0.15, 0.2) is 0 Å². The van der Waals surface area contributed by atoms with Crippen LogP contribution in [0.3, 0.4) is 0 Å². The molecular weight excluding hydrogens is 210 g/mol. The van der Waals surface area contributed by atoms with Gasteiger partial charge in [0, 0.05) is 12.6 Å². The summed E-state index contributed by atoms with van der Waals surface area (Å²) in [5.74, 6) is -0.896. The fraction of sp³-hybridized carbons (Fsp3) is 0.364. The summed E-state index contributed by atoms with van der Waals surface area (Å²) in [6, 6.07) is 4.19. The van der Waals surface area contributed by atoms with E-state index >= 15 is 0 Å². The monoisotopic (exact) mass is 225 g/mol. The summed E-state index contributed by atoms with van der Waals surface area (Å²) in [5.41, 5.74) is 0.382. The Hall–Kier alpha value is -1.75. The predicted molar refractivity (Wildman–Crippen MR) is 58.4 cm³/mol. The molecule has 0 fully saturated rings. The van der Waals surface area contributed by atoms with E-state index in [2.05, 4.69) is 5.32 Å². The maximum absolute atomic E-state index is 10.3. The predicted octanol–water partition coefficient (Wildman–Crippen LogP) is 1.22. The number of nitrogens with one attached hydrogen (secondary N) is 1. The Labute approximate surface area is 93.4 Å². The fourth-order valence-corrected chi connectivity index (χ4v) is 1.48. The van der Waals surface area contributed by atoms with Gasteiger partial charge in [-0.3, -0.25) is 4.79 Å². The number of aromatic hydroxyl groups is 2. The lowest BCUT2D eigenvalue weighted by atomic mass is 10.1. The lowest BCUT2D eigenvalue weighted by Gasteiger charge is -2.16. The molecule has 0 aliphatic rings. The average molecular weight is 225 g/mol. The smallest absolute Gasteiger partial charge is 0.304 e. The standard InChI is InChI=1S/C11H15NO4/c1-7(12-6-5-10(15)16)11-8(13)3-2-4-9(11)14/h2-4,7,12-14H,5-6H2,1H3,(H,15,16). The molecule has 5 heteroatoms. The minimum atomic E-state index is -0.888. The number of phenolic OH excluding ortho intramolecular Hbond substituents is 2. The third-order valence-electron chi connectivity index (χ3n) is 2.28. The fourth-order valence-electron chi connectivity index (χ4n) is 1.48. The summed E-state index contributed by atoms with van der Waals surface area (Å²) in [6.07, 6.45) is -0.00129. The molecule has 0 saturated carbocycles. The van der Waals surface area contributed by atoms with E-state index in [9.17, 15) is 15.0 Å². The Kier molecular flexibility index (Phi) is 4.13. The number of carboxylic acid groups (broad SMARTS) is 1. The molecule has 0 aliphatic carbocycles. The second kappa shape index (κ2) is 5.37. The van der Waals surface area contributed by atoms with Crippen molar-refractivity contribution in [3.05, 3.63) is 23.8 Å². The average Bonchev–Trinajstić information content (AvgIpc) is 2.16. The Bertz CT molecular complexity index is 358. The zero-order valence-electron chi connectivity index (χ0n) is 8.97. The van der Waals surface area contributed by atoms with Crippen molar-refractivity contribution in [2.75, 3.05) is 6.54 Å². The molecule has 5 nitrogen and oxygen atoms in total. The molecule has 0 heterocycles. The Balaban J connectivity index is 2.65. The zero-order chi connectivity index (χ0) is 12.1. The van der Waals surface area contributed by atoms with Crippen molar-refractivity contribution in [2.24, 2.45) is 0 Å². The van der Waals surface area contributed by atoms with E-state index in [-0.39, 0.29) is 30.5 Å². The molecule has 0 aliphatic heterocycles. The van der Waals surface area contributed by atoms with Gasteiger partial charge in [-0.05, 0) is 19.1 Å². The van der Waals surface area contributed by atoms with Crippen LogP contribution in [0.15, 0.2) is 18.2 Å². The molecule has 0 spiro atoms. The molecule has 1 unspecified atom stereocenters. The van der Waals surface area contributed by atoms with Crippen LogP contribution in [0.1, 0.15) is 24.9 Å². The van der Waals surface area contributed by atoms with Crippen LogP contribution in [-0.2, 0) is 4.79 Å². The zero-order valence-corrected chi connectivity index (χ0v) is 8.97. The SMILES string of the molecule is CC(NCCC(=O)O)c1c(O)cccc1O. The second-order valence-corrected chi connectivity index (χ2v) is 3.53. The number of benzene rings is 1. The maximum Gasteiger partial charge on any atom is 0.304 e. The van der Waals surface area contributed by atoms with Crippen molar-refractivity contribution in [3.8, 4) is 11.5 Å². The maximum atomic E-state index is 10.3. The quantitative estimate of drug-likeness (QED) is 0.605. The van der Waals surface area contributed by atoms with Gasteiger partial charge in [0.05, 0.1) is 12.0 Å². The van der Waals surface area contributed by atoms with E-state index in [1.165, 1.54) is 18.2 Å². The van der Waals surface area contributed by atoms with Crippen LogP contribution in [-0.4, -0.2) is 27.8 Å². The normalized spacial score (nSPS) is 12.3. The van der Waals surface area contributed by atoms with Crippen LogP contribution < -0.4 is 5.32 Å². The third kappa shape index (κ3) is 3.13. The highest BCUT2D eigenvalue weighted by Gasteiger charge is 2.14. The molecule has 4 N–H and O–H groups in total. The van der Waals surface area contributed by atoms with Crippen LogP contribution in [0.25, 0.3) is 0 Å². The Morgan fingerprint density at radius 1 is 1.38 bits per heavy atom. The molecule has 0 radical (unpaired) electrons. The summed E-state index contributed by atoms with van der Waals surface area (Å²) >= 11 is 0. The first-order chi connectivity index (χ1) is 7.52. The first-order valence-corrected chi connectivity index (χ1v) is 4.98. The minimum Gasteiger partial charge on any atom is -0.507 e. The van der Waals surface area contributed by atoms with Crippen LogP contribution in [0, 0.1) is 0 Å². The molecule has 0 bridgehead atoms. The van der Waals surface area contributed by atoms with E-state index < -0.39 is 5.97 Å². The number of hydrogen-bond acceptors (Lipinski definition) is 4. The molecule has 0 aromatic heterocycles. The number of carbonyl (C=O) groups is 1. The van der Waals surface area contributed by atoms with Crippen molar-refractivity contribution >= 4 is 5.97 Å². The molecule has 0 saturated heterocycles. The molecule has 1 aromatic carbocycles. The topological polar surface area (TPSA) is 89.8 Å². The minimum absolute atomic E-state index is 0.00129. The summed E-state index contributed by atoms with van der Waals surface area (Å²) in [5, 5.41) is 30.5. The lowest BCUT2D eigenvalue weighted by Crippen LogP contribution is -2.22. The van der Waals surface area contributed by atoms with Gasteiger partial charge in [-0.15, -0.1) is 0 Å². The van der Waals surface area contributed by atoms with E-state index in [0.717, 1.165) is 0 Å². The van der Waals surface area contributed by atoms with Crippen LogP contribution in [0.2, 0.25) is 0 Å².